The number of thioether (sulfide) groups is 1. The third-order valence-corrected chi connectivity index (χ3v) is 6.29. The lowest BCUT2D eigenvalue weighted by molar-refractivity contribution is 0.481. The van der Waals surface area contributed by atoms with E-state index in [4.69, 9.17) is 4.74 Å². The molecule has 0 aliphatic carbocycles. The highest BCUT2D eigenvalue weighted by molar-refractivity contribution is 7.98. The topological polar surface area (TPSA) is 43.4 Å². The molecule has 0 aliphatic heterocycles. The maximum Gasteiger partial charge on any atom is 0.206 e. The monoisotopic (exact) mass is 370 g/mol. The van der Waals surface area contributed by atoms with Gasteiger partial charge in [-0.1, -0.05) is 17.7 Å². The van der Waals surface area contributed by atoms with E-state index in [2.05, 4.69) is 0 Å². The van der Waals surface area contributed by atoms with Gasteiger partial charge in [-0.25, -0.2) is 8.42 Å². The van der Waals surface area contributed by atoms with Gasteiger partial charge in [0.1, 0.15) is 11.5 Å². The molecule has 0 aliphatic rings. The molecule has 0 heterocycles. The summed E-state index contributed by atoms with van der Waals surface area (Å²) in [6.07, 6.45) is 2.02. The van der Waals surface area contributed by atoms with Gasteiger partial charge in [0, 0.05) is 4.90 Å². The summed E-state index contributed by atoms with van der Waals surface area (Å²) in [4.78, 5) is 1.70. The van der Waals surface area contributed by atoms with Gasteiger partial charge in [0.15, 0.2) is 0 Å². The number of rotatable bonds is 5. The fourth-order valence-electron chi connectivity index (χ4n) is 2.32. The van der Waals surface area contributed by atoms with E-state index in [1.807, 2.05) is 37.4 Å². The average Bonchev–Trinajstić information content (AvgIpc) is 2.63. The predicted molar refractivity (Wildman–Crippen MR) is 101 cm³/mol. The Morgan fingerprint density at radius 3 is 1.64 bits per heavy atom. The molecule has 0 atom stereocenters. The van der Waals surface area contributed by atoms with Gasteiger partial charge in [-0.05, 0) is 73.8 Å². The minimum atomic E-state index is -3.51. The van der Waals surface area contributed by atoms with Crippen LogP contribution in [0.15, 0.2) is 87.5 Å². The Balaban J connectivity index is 1.80. The first-order valence-corrected chi connectivity index (χ1v) is 10.4. The van der Waals surface area contributed by atoms with E-state index < -0.39 is 9.84 Å². The minimum absolute atomic E-state index is 0.251. The van der Waals surface area contributed by atoms with E-state index >= 15 is 0 Å². The third-order valence-electron chi connectivity index (χ3n) is 3.76. The van der Waals surface area contributed by atoms with E-state index in [0.717, 1.165) is 10.5 Å². The predicted octanol–water partition coefficient (Wildman–Crippen LogP) is 5.34. The molecule has 0 radical (unpaired) electrons. The van der Waals surface area contributed by atoms with Crippen molar-refractivity contribution in [3.63, 3.8) is 0 Å². The Morgan fingerprint density at radius 1 is 0.720 bits per heavy atom. The van der Waals surface area contributed by atoms with Crippen molar-refractivity contribution >= 4 is 21.6 Å². The minimum Gasteiger partial charge on any atom is -0.457 e. The van der Waals surface area contributed by atoms with Crippen LogP contribution in [0.1, 0.15) is 5.56 Å². The number of hydrogen-bond donors (Lipinski definition) is 0. The zero-order valence-corrected chi connectivity index (χ0v) is 15.6. The number of benzene rings is 3. The molecule has 0 N–H and O–H groups in total. The fraction of sp³-hybridized carbons (Fsp3) is 0.100. The van der Waals surface area contributed by atoms with Crippen LogP contribution in [-0.2, 0) is 9.84 Å². The Labute approximate surface area is 152 Å². The number of aryl methyl sites for hydroxylation is 1. The fourth-order valence-corrected chi connectivity index (χ4v) is 3.99. The van der Waals surface area contributed by atoms with Gasteiger partial charge in [0.25, 0.3) is 0 Å². The highest BCUT2D eigenvalue weighted by Crippen LogP contribution is 2.27. The zero-order chi connectivity index (χ0) is 17.9. The molecule has 0 saturated carbocycles. The van der Waals surface area contributed by atoms with Gasteiger partial charge in [-0.15, -0.1) is 11.8 Å². The van der Waals surface area contributed by atoms with Crippen molar-refractivity contribution in [3.8, 4) is 11.5 Å². The van der Waals surface area contributed by atoms with Gasteiger partial charge >= 0.3 is 0 Å². The van der Waals surface area contributed by atoms with Crippen molar-refractivity contribution in [1.29, 1.82) is 0 Å². The lowest BCUT2D eigenvalue weighted by Gasteiger charge is -2.08. The summed E-state index contributed by atoms with van der Waals surface area (Å²) in [5.41, 5.74) is 1.02. The second-order valence-corrected chi connectivity index (χ2v) is 8.39. The second kappa shape index (κ2) is 7.33. The lowest BCUT2D eigenvalue weighted by Crippen LogP contribution is -2.01. The summed E-state index contributed by atoms with van der Waals surface area (Å²) in [7, 11) is -3.51. The molecule has 0 unspecified atom stereocenters. The van der Waals surface area contributed by atoms with Crippen LogP contribution in [-0.4, -0.2) is 14.7 Å². The van der Waals surface area contributed by atoms with E-state index in [1.54, 1.807) is 60.3 Å². The maximum absolute atomic E-state index is 12.6. The number of sulfone groups is 1. The third kappa shape index (κ3) is 4.06. The molecule has 25 heavy (non-hydrogen) atoms. The van der Waals surface area contributed by atoms with Crippen molar-refractivity contribution in [1.82, 2.24) is 0 Å². The molecule has 5 heteroatoms. The van der Waals surface area contributed by atoms with Gasteiger partial charge in [0.2, 0.25) is 9.84 Å². The van der Waals surface area contributed by atoms with Crippen molar-refractivity contribution in [2.75, 3.05) is 6.26 Å². The van der Waals surface area contributed by atoms with Gasteiger partial charge in [-0.3, -0.25) is 0 Å². The quantitative estimate of drug-likeness (QED) is 0.569. The summed E-state index contributed by atoms with van der Waals surface area (Å²) in [5.74, 6) is 1.31. The van der Waals surface area contributed by atoms with E-state index in [9.17, 15) is 8.42 Å². The Kier molecular flexibility index (Phi) is 5.16. The van der Waals surface area contributed by atoms with Crippen molar-refractivity contribution in [3.05, 3.63) is 78.4 Å². The average molecular weight is 370 g/mol. The first-order chi connectivity index (χ1) is 12.0. The lowest BCUT2D eigenvalue weighted by atomic mass is 10.2. The summed E-state index contributed by atoms with van der Waals surface area (Å²) in [6, 6.07) is 21.1. The molecule has 3 aromatic carbocycles. The van der Waals surface area contributed by atoms with Crippen LogP contribution in [0.4, 0.5) is 0 Å². The smallest absolute Gasteiger partial charge is 0.206 e. The SMILES string of the molecule is CSc1ccc(Oc2ccc(S(=O)(=O)c3ccc(C)cc3)cc2)cc1. The van der Waals surface area contributed by atoms with Crippen LogP contribution >= 0.6 is 11.8 Å². The van der Waals surface area contributed by atoms with Crippen molar-refractivity contribution in [2.45, 2.75) is 21.6 Å². The Bertz CT molecular complexity index is 943. The normalized spacial score (nSPS) is 11.3. The molecule has 0 saturated heterocycles. The summed E-state index contributed by atoms with van der Waals surface area (Å²) in [5, 5.41) is 0. The van der Waals surface area contributed by atoms with Gasteiger partial charge in [-0.2, -0.15) is 0 Å². The highest BCUT2D eigenvalue weighted by atomic mass is 32.2. The summed E-state index contributed by atoms with van der Waals surface area (Å²) >= 11 is 1.66. The van der Waals surface area contributed by atoms with Gasteiger partial charge < -0.3 is 4.74 Å². The Hall–Kier alpha value is -2.24. The van der Waals surface area contributed by atoms with E-state index in [1.165, 1.54) is 0 Å². The van der Waals surface area contributed by atoms with Crippen LogP contribution < -0.4 is 4.74 Å². The molecular formula is C20H18O3S2. The molecular weight excluding hydrogens is 352 g/mol. The molecule has 0 aromatic heterocycles. The molecule has 0 bridgehead atoms. The van der Waals surface area contributed by atoms with Crippen LogP contribution in [0.3, 0.4) is 0 Å². The molecule has 0 amide bonds. The Morgan fingerprint density at radius 2 is 1.16 bits per heavy atom. The highest BCUT2D eigenvalue weighted by Gasteiger charge is 2.17. The molecule has 0 fully saturated rings. The first kappa shape index (κ1) is 17.6. The first-order valence-electron chi connectivity index (χ1n) is 7.73. The van der Waals surface area contributed by atoms with Crippen LogP contribution in [0.5, 0.6) is 11.5 Å². The molecule has 128 valence electrons. The molecule has 3 nitrogen and oxygen atoms in total. The van der Waals surface area contributed by atoms with E-state index in [0.29, 0.717) is 16.4 Å². The molecule has 3 aromatic rings. The largest absolute Gasteiger partial charge is 0.457 e. The van der Waals surface area contributed by atoms with Crippen LogP contribution in [0, 0.1) is 6.92 Å². The molecule has 0 spiro atoms. The second-order valence-electron chi connectivity index (χ2n) is 5.57. The summed E-state index contributed by atoms with van der Waals surface area (Å²) < 4.78 is 31.0. The van der Waals surface area contributed by atoms with E-state index in [-0.39, 0.29) is 4.90 Å². The van der Waals surface area contributed by atoms with Gasteiger partial charge in [0.05, 0.1) is 9.79 Å². The molecule has 3 rings (SSSR count). The summed E-state index contributed by atoms with van der Waals surface area (Å²) in [6.45, 7) is 1.92. The van der Waals surface area contributed by atoms with Crippen LogP contribution in [0.25, 0.3) is 0 Å². The van der Waals surface area contributed by atoms with Crippen LogP contribution in [0.2, 0.25) is 0 Å². The maximum atomic E-state index is 12.6. The van der Waals surface area contributed by atoms with Crippen molar-refractivity contribution in [2.24, 2.45) is 0 Å². The standard InChI is InChI=1S/C20H18O3S2/c1-15-3-11-19(12-4-15)25(21,22)20-13-7-17(8-14-20)23-16-5-9-18(24-2)10-6-16/h3-14H,1-2H3. The number of hydrogen-bond acceptors (Lipinski definition) is 4. The van der Waals surface area contributed by atoms with Crippen molar-refractivity contribution < 1.29 is 13.2 Å². The number of ether oxygens (including phenoxy) is 1. The zero-order valence-electron chi connectivity index (χ0n) is 14.0.